The van der Waals surface area contributed by atoms with Crippen LogP contribution in [-0.2, 0) is 16.0 Å². The number of carbonyl (C=O) groups excluding carboxylic acids is 2. The predicted octanol–water partition coefficient (Wildman–Crippen LogP) is 1.82. The molecule has 106 valence electrons. The highest BCUT2D eigenvalue weighted by Crippen LogP contribution is 2.41. The molecule has 20 heavy (non-hydrogen) atoms. The minimum atomic E-state index is -0.588. The molecule has 1 aliphatic rings. The monoisotopic (exact) mass is 278 g/mol. The van der Waals surface area contributed by atoms with Crippen LogP contribution in [0.5, 0.6) is 5.75 Å². The van der Waals surface area contributed by atoms with Crippen LogP contribution in [0, 0.1) is 10.1 Å². The van der Waals surface area contributed by atoms with Crippen molar-refractivity contribution in [2.75, 3.05) is 11.4 Å². The lowest BCUT2D eigenvalue weighted by Gasteiger charge is -2.15. The first-order chi connectivity index (χ1) is 9.45. The van der Waals surface area contributed by atoms with Crippen LogP contribution >= 0.6 is 0 Å². The Morgan fingerprint density at radius 2 is 2.15 bits per heavy atom. The molecule has 7 heteroatoms. The number of ether oxygens (including phenoxy) is 1. The van der Waals surface area contributed by atoms with E-state index in [0.29, 0.717) is 24.2 Å². The zero-order valence-electron chi connectivity index (χ0n) is 11.2. The number of nitrogens with zero attached hydrogens (tertiary/aromatic N) is 2. The Labute approximate surface area is 115 Å². The molecule has 0 saturated carbocycles. The van der Waals surface area contributed by atoms with E-state index in [-0.39, 0.29) is 23.8 Å². The quantitative estimate of drug-likeness (QED) is 0.364. The molecule has 7 nitrogen and oxygen atoms in total. The van der Waals surface area contributed by atoms with Crippen LogP contribution in [0.3, 0.4) is 0 Å². The third kappa shape index (κ3) is 2.34. The molecular weight excluding hydrogens is 264 g/mol. The van der Waals surface area contributed by atoms with Crippen LogP contribution in [-0.4, -0.2) is 23.3 Å². The number of fused-ring (bicyclic) bond motifs is 1. The number of hydrogen-bond acceptors (Lipinski definition) is 5. The Morgan fingerprint density at radius 1 is 1.45 bits per heavy atom. The number of nitro benzene ring substituents is 1. The summed E-state index contributed by atoms with van der Waals surface area (Å²) < 4.78 is 5.11. The van der Waals surface area contributed by atoms with Gasteiger partial charge in [-0.3, -0.25) is 19.7 Å². The van der Waals surface area contributed by atoms with E-state index in [0.717, 1.165) is 0 Å². The van der Waals surface area contributed by atoms with Gasteiger partial charge in [0.2, 0.25) is 11.7 Å². The average Bonchev–Trinajstić information content (AvgIpc) is 2.82. The van der Waals surface area contributed by atoms with Crippen LogP contribution in [0.1, 0.15) is 25.8 Å². The lowest BCUT2D eigenvalue weighted by molar-refractivity contribution is -0.385. The van der Waals surface area contributed by atoms with Crippen LogP contribution in [0.2, 0.25) is 0 Å². The van der Waals surface area contributed by atoms with Crippen molar-refractivity contribution < 1.29 is 19.2 Å². The Balaban J connectivity index is 2.54. The van der Waals surface area contributed by atoms with E-state index in [1.54, 1.807) is 6.92 Å². The van der Waals surface area contributed by atoms with Gasteiger partial charge in [-0.15, -0.1) is 0 Å². The lowest BCUT2D eigenvalue weighted by Crippen LogP contribution is -2.25. The molecular formula is C13H14N2O5. The summed E-state index contributed by atoms with van der Waals surface area (Å²) in [7, 11) is 0. The van der Waals surface area contributed by atoms with Crippen molar-refractivity contribution in [3.05, 3.63) is 27.8 Å². The van der Waals surface area contributed by atoms with Gasteiger partial charge in [0.25, 0.3) is 0 Å². The maximum absolute atomic E-state index is 11.5. The number of benzene rings is 1. The normalized spacial score (nSPS) is 13.0. The second-order valence-electron chi connectivity index (χ2n) is 4.42. The molecule has 1 aliphatic heterocycles. The molecule has 0 saturated heterocycles. The highest BCUT2D eigenvalue weighted by molar-refractivity contribution is 5.95. The first-order valence-electron chi connectivity index (χ1n) is 6.24. The molecule has 0 radical (unpaired) electrons. The maximum Gasteiger partial charge on any atom is 0.312 e. The molecule has 0 fully saturated rings. The van der Waals surface area contributed by atoms with Gasteiger partial charge >= 0.3 is 11.7 Å². The Kier molecular flexibility index (Phi) is 3.69. The van der Waals surface area contributed by atoms with Gasteiger partial charge in [0.05, 0.1) is 10.6 Å². The van der Waals surface area contributed by atoms with Gasteiger partial charge in [0.15, 0.2) is 0 Å². The van der Waals surface area contributed by atoms with Crippen LogP contribution < -0.4 is 9.64 Å². The van der Waals surface area contributed by atoms with Gasteiger partial charge in [-0.1, -0.05) is 6.92 Å². The Hall–Kier alpha value is -2.44. The summed E-state index contributed by atoms with van der Waals surface area (Å²) in [5.41, 5.74) is 0.856. The van der Waals surface area contributed by atoms with Crippen LogP contribution in [0.4, 0.5) is 11.4 Å². The fourth-order valence-corrected chi connectivity index (χ4v) is 2.21. The molecule has 1 aromatic carbocycles. The van der Waals surface area contributed by atoms with E-state index in [2.05, 4.69) is 0 Å². The third-order valence-corrected chi connectivity index (χ3v) is 3.17. The van der Waals surface area contributed by atoms with Gasteiger partial charge in [-0.05, 0) is 12.5 Å². The van der Waals surface area contributed by atoms with Gasteiger partial charge in [0.1, 0.15) is 0 Å². The molecule has 0 bridgehead atoms. The van der Waals surface area contributed by atoms with E-state index in [1.807, 2.05) is 0 Å². The molecule has 2 rings (SSSR count). The summed E-state index contributed by atoms with van der Waals surface area (Å²) in [5.74, 6) is -0.726. The van der Waals surface area contributed by atoms with Crippen molar-refractivity contribution in [2.24, 2.45) is 0 Å². The predicted molar refractivity (Wildman–Crippen MR) is 70.8 cm³/mol. The van der Waals surface area contributed by atoms with E-state index < -0.39 is 10.9 Å². The van der Waals surface area contributed by atoms with Crippen LogP contribution in [0.25, 0.3) is 0 Å². The van der Waals surface area contributed by atoms with Crippen molar-refractivity contribution in [1.29, 1.82) is 0 Å². The number of rotatable bonds is 3. The van der Waals surface area contributed by atoms with E-state index in [4.69, 9.17) is 4.74 Å². The lowest BCUT2D eigenvalue weighted by atomic mass is 10.1. The van der Waals surface area contributed by atoms with E-state index in [1.165, 1.54) is 24.0 Å². The molecule has 0 unspecified atom stereocenters. The number of amides is 1. The summed E-state index contributed by atoms with van der Waals surface area (Å²) in [5, 5.41) is 11.0. The standard InChI is InChI=1S/C13H14N2O5/c1-3-12(17)20-13-9-6-7-14(8(2)16)10(9)4-5-11(13)15(18)19/h4-5H,3,6-7H2,1-2H3. The number of esters is 1. The minimum absolute atomic E-state index is 0.0388. The number of carbonyl (C=O) groups is 2. The molecule has 1 aromatic rings. The zero-order chi connectivity index (χ0) is 14.9. The summed E-state index contributed by atoms with van der Waals surface area (Å²) in [6.07, 6.45) is 0.556. The maximum atomic E-state index is 11.5. The third-order valence-electron chi connectivity index (χ3n) is 3.17. The number of anilines is 1. The molecule has 0 aromatic heterocycles. The van der Waals surface area contributed by atoms with E-state index >= 15 is 0 Å². The Morgan fingerprint density at radius 3 is 2.70 bits per heavy atom. The summed E-state index contributed by atoms with van der Waals surface area (Å²) in [6, 6.07) is 2.78. The van der Waals surface area contributed by atoms with Crippen molar-refractivity contribution in [2.45, 2.75) is 26.7 Å². The van der Waals surface area contributed by atoms with Gasteiger partial charge in [0, 0.05) is 31.5 Å². The van der Waals surface area contributed by atoms with Crippen molar-refractivity contribution in [3.63, 3.8) is 0 Å². The van der Waals surface area contributed by atoms with E-state index in [9.17, 15) is 19.7 Å². The summed E-state index contributed by atoms with van der Waals surface area (Å²) >= 11 is 0. The average molecular weight is 278 g/mol. The second kappa shape index (κ2) is 5.28. The largest absolute Gasteiger partial charge is 0.419 e. The molecule has 0 atom stereocenters. The smallest absolute Gasteiger partial charge is 0.312 e. The SMILES string of the molecule is CCC(=O)Oc1c([N+](=O)[O-])ccc2c1CCN2C(C)=O. The van der Waals surface area contributed by atoms with Crippen molar-refractivity contribution in [1.82, 2.24) is 0 Å². The first kappa shape index (κ1) is 14.0. The van der Waals surface area contributed by atoms with Crippen molar-refractivity contribution >= 4 is 23.3 Å². The molecule has 0 aliphatic carbocycles. The van der Waals surface area contributed by atoms with Crippen molar-refractivity contribution in [3.8, 4) is 5.75 Å². The van der Waals surface area contributed by atoms with Gasteiger partial charge in [-0.2, -0.15) is 0 Å². The molecule has 0 N–H and O–H groups in total. The van der Waals surface area contributed by atoms with Gasteiger partial charge < -0.3 is 9.64 Å². The second-order valence-corrected chi connectivity index (χ2v) is 4.42. The minimum Gasteiger partial charge on any atom is -0.419 e. The zero-order valence-corrected chi connectivity index (χ0v) is 11.2. The fraction of sp³-hybridized carbons (Fsp3) is 0.385. The highest BCUT2D eigenvalue weighted by atomic mass is 16.6. The van der Waals surface area contributed by atoms with Crippen LogP contribution in [0.15, 0.2) is 12.1 Å². The first-order valence-corrected chi connectivity index (χ1v) is 6.24. The highest BCUT2D eigenvalue weighted by Gasteiger charge is 2.31. The summed E-state index contributed by atoms with van der Waals surface area (Å²) in [6.45, 7) is 3.47. The molecule has 0 spiro atoms. The molecule has 1 amide bonds. The van der Waals surface area contributed by atoms with Gasteiger partial charge in [-0.25, -0.2) is 0 Å². The topological polar surface area (TPSA) is 89.8 Å². The number of hydrogen-bond donors (Lipinski definition) is 0. The number of nitro groups is 1. The summed E-state index contributed by atoms with van der Waals surface area (Å²) in [4.78, 5) is 34.9. The fourth-order valence-electron chi connectivity index (χ4n) is 2.21. The Bertz CT molecular complexity index is 597. The molecule has 1 heterocycles.